The lowest BCUT2D eigenvalue weighted by Crippen LogP contribution is -2.45. The number of aryl methyl sites for hydroxylation is 1. The van der Waals surface area contributed by atoms with Crippen LogP contribution in [0.15, 0.2) is 48.5 Å². The van der Waals surface area contributed by atoms with E-state index in [-0.39, 0.29) is 29.8 Å². The standard InChI is InChI=1S/C14H13FO.C12H21NO3/c1-2-11-3-7-13(8-4-11)16-14-9-5-12(15)6-10-14;1-4-9-7-8-10(12(15)16-6-3)13(9)11(14)5-2/h3-10H,2H2,1H3;9-10H,4-8H2,1-3H3. The molecule has 6 heteroatoms. The van der Waals surface area contributed by atoms with Gasteiger partial charge in [0.05, 0.1) is 6.61 Å². The Labute approximate surface area is 190 Å². The molecule has 1 aliphatic rings. The van der Waals surface area contributed by atoms with Crippen molar-refractivity contribution in [3.63, 3.8) is 0 Å². The fraction of sp³-hybridized carbons (Fsp3) is 0.462. The van der Waals surface area contributed by atoms with E-state index in [1.165, 1.54) is 17.7 Å². The Morgan fingerprint density at radius 2 is 1.53 bits per heavy atom. The van der Waals surface area contributed by atoms with Gasteiger partial charge in [0, 0.05) is 12.5 Å². The minimum absolute atomic E-state index is 0.0578. The molecule has 1 heterocycles. The number of benzene rings is 2. The molecule has 2 atom stereocenters. The fourth-order valence-electron chi connectivity index (χ4n) is 3.75. The largest absolute Gasteiger partial charge is 0.464 e. The normalized spacial score (nSPS) is 17.3. The molecule has 174 valence electrons. The van der Waals surface area contributed by atoms with Gasteiger partial charge in [0.1, 0.15) is 23.4 Å². The predicted octanol–water partition coefficient (Wildman–Crippen LogP) is 5.91. The summed E-state index contributed by atoms with van der Waals surface area (Å²) in [6.07, 6.45) is 4.01. The molecule has 0 saturated carbocycles. The highest BCUT2D eigenvalue weighted by molar-refractivity contribution is 5.85. The molecule has 0 radical (unpaired) electrons. The average Bonchev–Trinajstić information content (AvgIpc) is 3.25. The molecule has 2 aromatic rings. The first-order valence-corrected chi connectivity index (χ1v) is 11.4. The molecular formula is C26H34FNO4. The molecule has 1 saturated heterocycles. The van der Waals surface area contributed by atoms with E-state index >= 15 is 0 Å². The van der Waals surface area contributed by atoms with E-state index in [2.05, 4.69) is 6.92 Å². The van der Waals surface area contributed by atoms with Crippen LogP contribution >= 0.6 is 0 Å². The van der Waals surface area contributed by atoms with Gasteiger partial charge in [0.15, 0.2) is 0 Å². The maximum absolute atomic E-state index is 12.7. The van der Waals surface area contributed by atoms with Crippen LogP contribution in [0.5, 0.6) is 11.5 Å². The lowest BCUT2D eigenvalue weighted by atomic mass is 10.1. The Morgan fingerprint density at radius 3 is 2.03 bits per heavy atom. The number of hydrogen-bond acceptors (Lipinski definition) is 4. The Hall–Kier alpha value is -2.89. The topological polar surface area (TPSA) is 55.8 Å². The zero-order valence-electron chi connectivity index (χ0n) is 19.5. The quantitative estimate of drug-likeness (QED) is 0.499. The van der Waals surface area contributed by atoms with E-state index in [9.17, 15) is 14.0 Å². The van der Waals surface area contributed by atoms with Crippen molar-refractivity contribution in [2.24, 2.45) is 0 Å². The first-order valence-electron chi connectivity index (χ1n) is 11.4. The number of esters is 1. The number of nitrogens with zero attached hydrogens (tertiary/aromatic N) is 1. The molecule has 1 aliphatic heterocycles. The maximum Gasteiger partial charge on any atom is 0.328 e. The Balaban J connectivity index is 0.000000227. The summed E-state index contributed by atoms with van der Waals surface area (Å²) in [5, 5.41) is 0. The van der Waals surface area contributed by atoms with Gasteiger partial charge in [-0.15, -0.1) is 0 Å². The number of hydrogen-bond donors (Lipinski definition) is 0. The molecule has 0 N–H and O–H groups in total. The third kappa shape index (κ3) is 7.08. The number of carbonyl (C=O) groups is 2. The van der Waals surface area contributed by atoms with Gasteiger partial charge in [-0.25, -0.2) is 9.18 Å². The SMILES string of the molecule is CCOC(=O)C1CCC(CC)N1C(=O)CC.CCc1ccc(Oc2ccc(F)cc2)cc1. The smallest absolute Gasteiger partial charge is 0.328 e. The van der Waals surface area contributed by atoms with Crippen LogP contribution in [0.1, 0.15) is 58.9 Å². The molecule has 1 amide bonds. The van der Waals surface area contributed by atoms with Crippen molar-refractivity contribution in [2.45, 2.75) is 71.9 Å². The number of rotatable bonds is 7. The van der Waals surface area contributed by atoms with Crippen molar-refractivity contribution >= 4 is 11.9 Å². The zero-order chi connectivity index (χ0) is 23.5. The molecule has 5 nitrogen and oxygen atoms in total. The van der Waals surface area contributed by atoms with Crippen molar-refractivity contribution in [1.29, 1.82) is 0 Å². The number of amides is 1. The van der Waals surface area contributed by atoms with Crippen LogP contribution in [0.3, 0.4) is 0 Å². The molecule has 0 spiro atoms. The van der Waals surface area contributed by atoms with Gasteiger partial charge in [0.25, 0.3) is 0 Å². The zero-order valence-corrected chi connectivity index (χ0v) is 19.5. The van der Waals surface area contributed by atoms with Gasteiger partial charge in [-0.2, -0.15) is 0 Å². The summed E-state index contributed by atoms with van der Waals surface area (Å²) in [5.74, 6) is 0.964. The van der Waals surface area contributed by atoms with Gasteiger partial charge >= 0.3 is 5.97 Å². The molecule has 32 heavy (non-hydrogen) atoms. The van der Waals surface area contributed by atoms with Crippen LogP contribution in [-0.2, 0) is 20.7 Å². The van der Waals surface area contributed by atoms with Crippen LogP contribution < -0.4 is 4.74 Å². The van der Waals surface area contributed by atoms with Crippen LogP contribution in [0, 0.1) is 5.82 Å². The first kappa shape index (κ1) is 25.4. The van der Waals surface area contributed by atoms with Crippen LogP contribution in [0.25, 0.3) is 0 Å². The van der Waals surface area contributed by atoms with Crippen molar-refractivity contribution in [1.82, 2.24) is 4.90 Å². The molecule has 2 unspecified atom stereocenters. The van der Waals surface area contributed by atoms with E-state index in [0.29, 0.717) is 18.8 Å². The minimum Gasteiger partial charge on any atom is -0.464 e. The summed E-state index contributed by atoms with van der Waals surface area (Å²) < 4.78 is 23.2. The second-order valence-electron chi connectivity index (χ2n) is 7.62. The fourth-order valence-corrected chi connectivity index (χ4v) is 3.75. The third-order valence-corrected chi connectivity index (χ3v) is 5.50. The van der Waals surface area contributed by atoms with Crippen LogP contribution in [0.4, 0.5) is 4.39 Å². The number of likely N-dealkylation sites (tertiary alicyclic amines) is 1. The predicted molar refractivity (Wildman–Crippen MR) is 123 cm³/mol. The molecule has 0 aliphatic carbocycles. The summed E-state index contributed by atoms with van der Waals surface area (Å²) in [7, 11) is 0. The monoisotopic (exact) mass is 443 g/mol. The molecule has 2 aromatic carbocycles. The summed E-state index contributed by atoms with van der Waals surface area (Å²) >= 11 is 0. The van der Waals surface area contributed by atoms with Crippen molar-refractivity contribution in [3.05, 3.63) is 59.9 Å². The molecule has 3 rings (SSSR count). The minimum atomic E-state index is -0.350. The molecule has 0 aromatic heterocycles. The summed E-state index contributed by atoms with van der Waals surface area (Å²) in [4.78, 5) is 25.3. The lowest BCUT2D eigenvalue weighted by Gasteiger charge is -2.28. The highest BCUT2D eigenvalue weighted by atomic mass is 19.1. The van der Waals surface area contributed by atoms with E-state index in [0.717, 1.165) is 31.4 Å². The van der Waals surface area contributed by atoms with Gasteiger partial charge in [0.2, 0.25) is 5.91 Å². The second kappa shape index (κ2) is 12.8. The van der Waals surface area contributed by atoms with Crippen molar-refractivity contribution in [2.75, 3.05) is 6.61 Å². The lowest BCUT2D eigenvalue weighted by molar-refractivity contribution is -0.154. The molecular weight excluding hydrogens is 409 g/mol. The Bertz CT molecular complexity index is 851. The maximum atomic E-state index is 12.7. The van der Waals surface area contributed by atoms with Crippen LogP contribution in [-0.4, -0.2) is 35.5 Å². The number of carbonyl (C=O) groups excluding carboxylic acids is 2. The second-order valence-corrected chi connectivity index (χ2v) is 7.62. The third-order valence-electron chi connectivity index (χ3n) is 5.50. The average molecular weight is 444 g/mol. The van der Waals surface area contributed by atoms with Crippen molar-refractivity contribution in [3.8, 4) is 11.5 Å². The highest BCUT2D eigenvalue weighted by Crippen LogP contribution is 2.28. The van der Waals surface area contributed by atoms with Crippen LogP contribution in [0.2, 0.25) is 0 Å². The van der Waals surface area contributed by atoms with Gasteiger partial charge in [-0.1, -0.05) is 32.9 Å². The number of halogens is 1. The Morgan fingerprint density at radius 1 is 0.938 bits per heavy atom. The first-order chi connectivity index (χ1) is 15.4. The van der Waals surface area contributed by atoms with E-state index < -0.39 is 0 Å². The van der Waals surface area contributed by atoms with Gasteiger partial charge in [-0.3, -0.25) is 4.79 Å². The molecule has 0 bridgehead atoms. The number of ether oxygens (including phenoxy) is 2. The van der Waals surface area contributed by atoms with Gasteiger partial charge in [-0.05, 0) is 74.6 Å². The van der Waals surface area contributed by atoms with E-state index in [4.69, 9.17) is 9.47 Å². The van der Waals surface area contributed by atoms with E-state index in [1.807, 2.05) is 38.1 Å². The summed E-state index contributed by atoms with van der Waals surface area (Å²) in [5.41, 5.74) is 1.27. The van der Waals surface area contributed by atoms with Gasteiger partial charge < -0.3 is 14.4 Å². The molecule has 1 fully saturated rings. The highest BCUT2D eigenvalue weighted by Gasteiger charge is 2.39. The van der Waals surface area contributed by atoms with Crippen molar-refractivity contribution < 1.29 is 23.5 Å². The van der Waals surface area contributed by atoms with E-state index in [1.54, 1.807) is 24.0 Å². The Kier molecular flexibility index (Phi) is 10.2. The summed E-state index contributed by atoms with van der Waals surface area (Å²) in [6.45, 7) is 8.15. The summed E-state index contributed by atoms with van der Waals surface area (Å²) in [6, 6.07) is 13.7.